The predicted molar refractivity (Wildman–Crippen MR) is 159 cm³/mol. The largest absolute Gasteiger partial charge is 0.472 e. The number of phosphoric acid groups is 1. The summed E-state index contributed by atoms with van der Waals surface area (Å²) in [5.74, 6) is -0.940. The molecule has 0 aromatic rings. The molecule has 3 atom stereocenters. The van der Waals surface area contributed by atoms with Crippen molar-refractivity contribution in [2.75, 3.05) is 26.4 Å². The second-order valence-electron chi connectivity index (χ2n) is 10.8. The van der Waals surface area contributed by atoms with Gasteiger partial charge in [0, 0.05) is 12.8 Å². The summed E-state index contributed by atoms with van der Waals surface area (Å²) in [6.45, 7) is 2.22. The van der Waals surface area contributed by atoms with E-state index in [9.17, 15) is 24.2 Å². The molecule has 3 N–H and O–H groups in total. The van der Waals surface area contributed by atoms with E-state index in [-0.39, 0.29) is 19.4 Å². The molecule has 0 saturated heterocycles. The predicted octanol–water partition coefficient (Wildman–Crippen LogP) is 6.77. The molecule has 10 nitrogen and oxygen atoms in total. The molecule has 0 bridgehead atoms. The zero-order valence-electron chi connectivity index (χ0n) is 25.8. The summed E-state index contributed by atoms with van der Waals surface area (Å²) in [4.78, 5) is 34.2. The van der Waals surface area contributed by atoms with Crippen molar-refractivity contribution < 1.29 is 47.8 Å². The normalized spacial score (nSPS) is 14.4. The lowest BCUT2D eigenvalue weighted by Crippen LogP contribution is -2.29. The second kappa shape index (κ2) is 27.8. The van der Waals surface area contributed by atoms with Crippen LogP contribution in [0, 0.1) is 0 Å². The minimum atomic E-state index is -4.58. The molecule has 244 valence electrons. The molecular weight excluding hydrogens is 551 g/mol. The standard InChI is InChI=1S/C30H59O10P/c1-3-5-7-9-10-11-12-13-14-15-16-17-18-20-22-30(34)40-28(25-37-29(33)21-19-8-6-4-2)26-39-41(35,36)38-24-27(32)23-31/h27-28,31-32H,3-26H2,1-2H3,(H,35,36). The Balaban J connectivity index is 4.29. The van der Waals surface area contributed by atoms with Crippen molar-refractivity contribution in [1.29, 1.82) is 0 Å². The summed E-state index contributed by atoms with van der Waals surface area (Å²) in [5, 5.41) is 18.1. The Morgan fingerprint density at radius 1 is 0.634 bits per heavy atom. The van der Waals surface area contributed by atoms with E-state index in [1.54, 1.807) is 0 Å². The minimum Gasteiger partial charge on any atom is -0.462 e. The van der Waals surface area contributed by atoms with Crippen LogP contribution in [0.1, 0.15) is 142 Å². The molecule has 3 unspecified atom stereocenters. The van der Waals surface area contributed by atoms with Gasteiger partial charge in [-0.1, -0.05) is 117 Å². The van der Waals surface area contributed by atoms with Crippen molar-refractivity contribution >= 4 is 19.8 Å². The summed E-state index contributed by atoms with van der Waals surface area (Å²) in [7, 11) is -4.58. The van der Waals surface area contributed by atoms with Crippen molar-refractivity contribution in [3.63, 3.8) is 0 Å². The molecule has 0 heterocycles. The number of hydrogen-bond donors (Lipinski definition) is 3. The van der Waals surface area contributed by atoms with Gasteiger partial charge in [0.15, 0.2) is 6.10 Å². The SMILES string of the molecule is CCCCCCCCCCCCCCCCC(=O)OC(COC(=O)CCCCCC)COP(=O)(O)OCC(O)CO. The highest BCUT2D eigenvalue weighted by atomic mass is 31.2. The molecule has 11 heteroatoms. The van der Waals surface area contributed by atoms with Gasteiger partial charge in [-0.05, 0) is 12.8 Å². The number of ether oxygens (including phenoxy) is 2. The van der Waals surface area contributed by atoms with Crippen molar-refractivity contribution in [2.45, 2.75) is 154 Å². The molecule has 0 radical (unpaired) electrons. The van der Waals surface area contributed by atoms with Gasteiger partial charge in [-0.15, -0.1) is 0 Å². The first-order chi connectivity index (χ1) is 19.7. The van der Waals surface area contributed by atoms with E-state index in [1.807, 2.05) is 0 Å². The van der Waals surface area contributed by atoms with E-state index in [0.29, 0.717) is 12.8 Å². The van der Waals surface area contributed by atoms with Crippen LogP contribution in [0.3, 0.4) is 0 Å². The average molecular weight is 611 g/mol. The van der Waals surface area contributed by atoms with Crippen LogP contribution in [0.25, 0.3) is 0 Å². The topological polar surface area (TPSA) is 149 Å². The Bertz CT molecular complexity index is 676. The zero-order valence-corrected chi connectivity index (χ0v) is 26.7. The van der Waals surface area contributed by atoms with Crippen molar-refractivity contribution in [3.8, 4) is 0 Å². The number of unbranched alkanes of at least 4 members (excludes halogenated alkanes) is 16. The van der Waals surface area contributed by atoms with Gasteiger partial charge >= 0.3 is 19.8 Å². The highest BCUT2D eigenvalue weighted by molar-refractivity contribution is 7.47. The summed E-state index contributed by atoms with van der Waals surface area (Å²) >= 11 is 0. The number of hydrogen-bond acceptors (Lipinski definition) is 9. The third-order valence-corrected chi connectivity index (χ3v) is 7.71. The summed E-state index contributed by atoms with van der Waals surface area (Å²) in [6, 6.07) is 0. The summed E-state index contributed by atoms with van der Waals surface area (Å²) in [6.07, 6.45) is 18.6. The van der Waals surface area contributed by atoms with Gasteiger partial charge in [0.1, 0.15) is 12.7 Å². The monoisotopic (exact) mass is 610 g/mol. The Morgan fingerprint density at radius 3 is 1.54 bits per heavy atom. The molecule has 0 aliphatic rings. The fraction of sp³-hybridized carbons (Fsp3) is 0.933. The van der Waals surface area contributed by atoms with Crippen LogP contribution in [0.5, 0.6) is 0 Å². The van der Waals surface area contributed by atoms with Crippen LogP contribution in [0.4, 0.5) is 0 Å². The Labute approximate surface area is 248 Å². The van der Waals surface area contributed by atoms with E-state index >= 15 is 0 Å². The molecule has 0 aromatic carbocycles. The highest BCUT2D eigenvalue weighted by Gasteiger charge is 2.27. The van der Waals surface area contributed by atoms with E-state index in [0.717, 1.165) is 38.5 Å². The fourth-order valence-corrected chi connectivity index (χ4v) is 5.02. The maximum atomic E-state index is 12.4. The fourth-order valence-electron chi connectivity index (χ4n) is 4.23. The van der Waals surface area contributed by atoms with Gasteiger partial charge in [0.05, 0.1) is 19.8 Å². The molecule has 0 amide bonds. The van der Waals surface area contributed by atoms with Gasteiger partial charge < -0.3 is 24.6 Å². The molecule has 0 aliphatic carbocycles. The lowest BCUT2D eigenvalue weighted by molar-refractivity contribution is -0.161. The first-order valence-electron chi connectivity index (χ1n) is 16.0. The molecule has 0 aromatic heterocycles. The molecule has 0 spiro atoms. The van der Waals surface area contributed by atoms with Crippen LogP contribution in [-0.4, -0.2) is 65.7 Å². The van der Waals surface area contributed by atoms with Crippen molar-refractivity contribution in [1.82, 2.24) is 0 Å². The smallest absolute Gasteiger partial charge is 0.462 e. The molecule has 0 fully saturated rings. The number of rotatable bonds is 30. The van der Waals surface area contributed by atoms with Gasteiger partial charge in [0.2, 0.25) is 0 Å². The number of aliphatic hydroxyl groups is 2. The van der Waals surface area contributed by atoms with Crippen LogP contribution in [-0.2, 0) is 32.7 Å². The van der Waals surface area contributed by atoms with Crippen LogP contribution >= 0.6 is 7.82 Å². The molecule has 41 heavy (non-hydrogen) atoms. The van der Waals surface area contributed by atoms with E-state index in [2.05, 4.69) is 18.4 Å². The maximum absolute atomic E-state index is 12.4. The Morgan fingerprint density at radius 2 is 1.05 bits per heavy atom. The van der Waals surface area contributed by atoms with Crippen LogP contribution < -0.4 is 0 Å². The lowest BCUT2D eigenvalue weighted by atomic mass is 10.0. The average Bonchev–Trinajstić information content (AvgIpc) is 2.95. The number of esters is 2. The number of phosphoric ester groups is 1. The molecule has 0 rings (SSSR count). The summed E-state index contributed by atoms with van der Waals surface area (Å²) < 4.78 is 32.2. The Hall–Kier alpha value is -1.03. The lowest BCUT2D eigenvalue weighted by Gasteiger charge is -2.20. The van der Waals surface area contributed by atoms with Gasteiger partial charge in [-0.2, -0.15) is 0 Å². The van der Waals surface area contributed by atoms with Gasteiger partial charge in [-0.25, -0.2) is 4.57 Å². The van der Waals surface area contributed by atoms with Crippen LogP contribution in [0.15, 0.2) is 0 Å². The second-order valence-corrected chi connectivity index (χ2v) is 12.3. The van der Waals surface area contributed by atoms with E-state index in [4.69, 9.17) is 19.1 Å². The zero-order chi connectivity index (χ0) is 30.6. The minimum absolute atomic E-state index is 0.190. The molecule has 0 aliphatic heterocycles. The quantitative estimate of drug-likeness (QED) is 0.0452. The Kier molecular flexibility index (Phi) is 27.1. The first-order valence-corrected chi connectivity index (χ1v) is 17.5. The number of aliphatic hydroxyl groups excluding tert-OH is 2. The highest BCUT2D eigenvalue weighted by Crippen LogP contribution is 2.43. The number of carbonyl (C=O) groups is 2. The maximum Gasteiger partial charge on any atom is 0.472 e. The van der Waals surface area contributed by atoms with Gasteiger partial charge in [-0.3, -0.25) is 18.6 Å². The van der Waals surface area contributed by atoms with Crippen LogP contribution in [0.2, 0.25) is 0 Å². The molecule has 0 saturated carbocycles. The van der Waals surface area contributed by atoms with Crippen molar-refractivity contribution in [3.05, 3.63) is 0 Å². The summed E-state index contributed by atoms with van der Waals surface area (Å²) in [5.41, 5.74) is 0. The molecular formula is C30H59O10P. The first kappa shape index (κ1) is 40.0. The van der Waals surface area contributed by atoms with E-state index in [1.165, 1.54) is 64.2 Å². The van der Waals surface area contributed by atoms with E-state index < -0.39 is 51.8 Å². The van der Waals surface area contributed by atoms with Gasteiger partial charge in [0.25, 0.3) is 0 Å². The third kappa shape index (κ3) is 27.5. The number of carbonyl (C=O) groups excluding carboxylic acids is 2. The third-order valence-electron chi connectivity index (χ3n) is 6.76. The van der Waals surface area contributed by atoms with Crippen molar-refractivity contribution in [2.24, 2.45) is 0 Å².